The summed E-state index contributed by atoms with van der Waals surface area (Å²) in [7, 11) is -1.67. The molecule has 148 valence electrons. The molecule has 0 radical (unpaired) electrons. The fourth-order valence-electron chi connectivity index (χ4n) is 3.33. The normalized spacial score (nSPS) is 11.7. The summed E-state index contributed by atoms with van der Waals surface area (Å²) < 4.78 is 31.1. The van der Waals surface area contributed by atoms with Crippen LogP contribution in [0.5, 0.6) is 5.75 Å². The van der Waals surface area contributed by atoms with E-state index in [1.54, 1.807) is 25.7 Å². The number of methoxy groups -OCH3 is 1. The molecule has 29 heavy (non-hydrogen) atoms. The zero-order valence-corrected chi connectivity index (χ0v) is 16.9. The molecule has 0 atom stereocenters. The summed E-state index contributed by atoms with van der Waals surface area (Å²) in [5, 5.41) is 8.30. The molecule has 3 aromatic heterocycles. The van der Waals surface area contributed by atoms with E-state index < -0.39 is 9.84 Å². The van der Waals surface area contributed by atoms with Crippen molar-refractivity contribution in [3.8, 4) is 16.9 Å². The van der Waals surface area contributed by atoms with Crippen LogP contribution in [0.25, 0.3) is 16.8 Å². The highest BCUT2D eigenvalue weighted by Crippen LogP contribution is 2.27. The van der Waals surface area contributed by atoms with Crippen molar-refractivity contribution in [2.75, 3.05) is 13.4 Å². The van der Waals surface area contributed by atoms with Gasteiger partial charge in [0.2, 0.25) is 0 Å². The first-order chi connectivity index (χ1) is 14.0. The molecule has 0 bridgehead atoms. The molecule has 0 amide bonds. The van der Waals surface area contributed by atoms with Crippen molar-refractivity contribution in [3.05, 3.63) is 72.4 Å². The minimum absolute atomic E-state index is 0.174. The Kier molecular flexibility index (Phi) is 5.02. The van der Waals surface area contributed by atoms with Gasteiger partial charge >= 0.3 is 0 Å². The molecule has 0 N–H and O–H groups in total. The lowest BCUT2D eigenvalue weighted by molar-refractivity contribution is 0.409. The number of hydrogen-bond acceptors (Lipinski definition) is 6. The first-order valence-electron chi connectivity index (χ1n) is 9.06. The van der Waals surface area contributed by atoms with Gasteiger partial charge in [-0.05, 0) is 42.7 Å². The summed E-state index contributed by atoms with van der Waals surface area (Å²) in [6.45, 7) is 0. The Hall–Kier alpha value is -3.26. The maximum Gasteiger partial charge on any atom is 0.177 e. The van der Waals surface area contributed by atoms with Crippen LogP contribution < -0.4 is 4.74 Å². The van der Waals surface area contributed by atoms with Crippen molar-refractivity contribution < 1.29 is 13.2 Å². The Morgan fingerprint density at radius 2 is 1.90 bits per heavy atom. The van der Waals surface area contributed by atoms with Gasteiger partial charge in [0, 0.05) is 35.5 Å². The molecule has 0 aliphatic heterocycles. The Morgan fingerprint density at radius 1 is 1.07 bits per heavy atom. The predicted molar refractivity (Wildman–Crippen MR) is 110 cm³/mol. The molecule has 0 fully saturated rings. The molecule has 3 heterocycles. The van der Waals surface area contributed by atoms with Gasteiger partial charge in [-0.3, -0.25) is 9.38 Å². The monoisotopic (exact) mass is 408 g/mol. The fourth-order valence-corrected chi connectivity index (χ4v) is 3.93. The second kappa shape index (κ2) is 7.63. The third-order valence-corrected chi connectivity index (χ3v) is 5.92. The molecule has 7 nitrogen and oxygen atoms in total. The van der Waals surface area contributed by atoms with E-state index in [0.29, 0.717) is 11.2 Å². The highest BCUT2D eigenvalue weighted by molar-refractivity contribution is 7.90. The second-order valence-electron chi connectivity index (χ2n) is 6.76. The van der Waals surface area contributed by atoms with Gasteiger partial charge in [0.05, 0.1) is 12.0 Å². The van der Waals surface area contributed by atoms with Crippen molar-refractivity contribution >= 4 is 15.5 Å². The molecule has 4 aromatic rings. The maximum atomic E-state index is 11.9. The molecule has 0 unspecified atom stereocenters. The summed E-state index contributed by atoms with van der Waals surface area (Å²) in [6, 6.07) is 13.5. The Bertz CT molecular complexity index is 1280. The van der Waals surface area contributed by atoms with Gasteiger partial charge in [-0.15, -0.1) is 10.2 Å². The largest absolute Gasteiger partial charge is 0.496 e. The number of fused-ring (bicyclic) bond motifs is 1. The Balaban J connectivity index is 1.70. The van der Waals surface area contributed by atoms with Crippen LogP contribution in [0.15, 0.2) is 66.1 Å². The van der Waals surface area contributed by atoms with Gasteiger partial charge in [-0.1, -0.05) is 18.2 Å². The smallest absolute Gasteiger partial charge is 0.177 e. The lowest BCUT2D eigenvalue weighted by Gasteiger charge is -2.11. The predicted octanol–water partition coefficient (Wildman–Crippen LogP) is 2.99. The SMILES string of the molecule is COc1ccccc1CCc1ccc(-c2cncc(S(C)(=O)=O)c2)c2nncn12. The highest BCUT2D eigenvalue weighted by Gasteiger charge is 2.14. The minimum Gasteiger partial charge on any atom is -0.496 e. The number of pyridine rings is 2. The van der Waals surface area contributed by atoms with Crippen LogP contribution in [-0.2, 0) is 22.7 Å². The van der Waals surface area contributed by atoms with Crippen LogP contribution in [0, 0.1) is 0 Å². The first kappa shape index (κ1) is 19.1. The van der Waals surface area contributed by atoms with Crippen LogP contribution in [0.4, 0.5) is 0 Å². The van der Waals surface area contributed by atoms with Crippen molar-refractivity contribution in [1.29, 1.82) is 0 Å². The number of rotatable bonds is 6. The summed E-state index contributed by atoms with van der Waals surface area (Å²) in [5.74, 6) is 0.868. The second-order valence-corrected chi connectivity index (χ2v) is 8.77. The Morgan fingerprint density at radius 3 is 2.69 bits per heavy atom. The zero-order valence-electron chi connectivity index (χ0n) is 16.1. The van der Waals surface area contributed by atoms with Gasteiger partial charge in [0.1, 0.15) is 12.1 Å². The van der Waals surface area contributed by atoms with Crippen LogP contribution in [-0.4, -0.2) is 41.4 Å². The van der Waals surface area contributed by atoms with E-state index in [-0.39, 0.29) is 4.90 Å². The molecule has 0 aliphatic rings. The van der Waals surface area contributed by atoms with Crippen molar-refractivity contribution in [1.82, 2.24) is 19.6 Å². The molecule has 0 spiro atoms. The van der Waals surface area contributed by atoms with Crippen molar-refractivity contribution in [2.24, 2.45) is 0 Å². The first-order valence-corrected chi connectivity index (χ1v) is 11.0. The van der Waals surface area contributed by atoms with E-state index in [0.717, 1.165) is 35.4 Å². The number of hydrogen-bond donors (Lipinski definition) is 0. The van der Waals surface area contributed by atoms with E-state index in [1.807, 2.05) is 34.7 Å². The molecule has 0 saturated heterocycles. The summed E-state index contributed by atoms with van der Waals surface area (Å²) >= 11 is 0. The summed E-state index contributed by atoms with van der Waals surface area (Å²) in [4.78, 5) is 4.26. The van der Waals surface area contributed by atoms with Gasteiger partial charge in [-0.2, -0.15) is 0 Å². The standard InChI is InChI=1S/C21H20N4O3S/c1-28-20-6-4-3-5-15(20)7-8-17-9-10-19(21-24-23-14-25(17)21)16-11-18(13-22-12-16)29(2,26)27/h3-6,9-14H,7-8H2,1-2H3. The van der Waals surface area contributed by atoms with Gasteiger partial charge in [0.15, 0.2) is 15.5 Å². The zero-order chi connectivity index (χ0) is 20.4. The average Bonchev–Trinajstić information content (AvgIpc) is 3.22. The molecule has 8 heteroatoms. The maximum absolute atomic E-state index is 11.9. The topological polar surface area (TPSA) is 86.5 Å². The number of benzene rings is 1. The van der Waals surface area contributed by atoms with Crippen LogP contribution >= 0.6 is 0 Å². The summed E-state index contributed by atoms with van der Waals surface area (Å²) in [5.41, 5.74) is 4.30. The minimum atomic E-state index is -3.34. The van der Waals surface area contributed by atoms with E-state index in [2.05, 4.69) is 21.2 Å². The van der Waals surface area contributed by atoms with Crippen LogP contribution in [0.2, 0.25) is 0 Å². The van der Waals surface area contributed by atoms with Crippen molar-refractivity contribution in [2.45, 2.75) is 17.7 Å². The lowest BCUT2D eigenvalue weighted by Crippen LogP contribution is -2.02. The van der Waals surface area contributed by atoms with Crippen LogP contribution in [0.1, 0.15) is 11.3 Å². The number of para-hydroxylation sites is 1. The van der Waals surface area contributed by atoms with Crippen LogP contribution in [0.3, 0.4) is 0 Å². The van der Waals surface area contributed by atoms with Gasteiger partial charge in [0.25, 0.3) is 0 Å². The molecule has 0 saturated carbocycles. The molecule has 0 aliphatic carbocycles. The average molecular weight is 408 g/mol. The number of sulfone groups is 1. The fraction of sp³-hybridized carbons (Fsp3) is 0.190. The molecular formula is C21H20N4O3S. The van der Waals surface area contributed by atoms with E-state index in [9.17, 15) is 8.42 Å². The third kappa shape index (κ3) is 3.84. The Labute approximate surface area is 168 Å². The van der Waals surface area contributed by atoms with Crippen molar-refractivity contribution in [3.63, 3.8) is 0 Å². The van der Waals surface area contributed by atoms with E-state index in [4.69, 9.17) is 4.74 Å². The number of ether oxygens (including phenoxy) is 1. The highest BCUT2D eigenvalue weighted by atomic mass is 32.2. The molecular weight excluding hydrogens is 388 g/mol. The van der Waals surface area contributed by atoms with E-state index >= 15 is 0 Å². The quantitative estimate of drug-likeness (QED) is 0.487. The molecule has 4 rings (SSSR count). The number of nitrogens with zero attached hydrogens (tertiary/aromatic N) is 4. The molecule has 1 aromatic carbocycles. The lowest BCUT2D eigenvalue weighted by atomic mass is 10.0. The van der Waals surface area contributed by atoms with E-state index in [1.165, 1.54) is 12.5 Å². The summed E-state index contributed by atoms with van der Waals surface area (Å²) in [6.07, 6.45) is 7.40. The van der Waals surface area contributed by atoms with Gasteiger partial charge < -0.3 is 4.74 Å². The van der Waals surface area contributed by atoms with Gasteiger partial charge in [-0.25, -0.2) is 8.42 Å². The number of aryl methyl sites for hydroxylation is 2. The third-order valence-electron chi connectivity index (χ3n) is 4.84. The number of aromatic nitrogens is 4.